The molecule has 112 valence electrons. The average molecular weight is 317 g/mol. The number of nitrogens with one attached hydrogen (secondary N) is 1. The first-order valence-corrected chi connectivity index (χ1v) is 7.07. The van der Waals surface area contributed by atoms with Crippen molar-refractivity contribution in [3.63, 3.8) is 0 Å². The second-order valence-electron chi connectivity index (χ2n) is 4.14. The molecule has 2 aromatic rings. The predicted molar refractivity (Wildman–Crippen MR) is 71.8 cm³/mol. The number of rotatable bonds is 3. The van der Waals surface area contributed by atoms with Crippen LogP contribution in [0.25, 0.3) is 0 Å². The minimum absolute atomic E-state index is 0.0503. The fourth-order valence-electron chi connectivity index (χ4n) is 1.60. The van der Waals surface area contributed by atoms with Gasteiger partial charge in [-0.05, 0) is 30.3 Å². The Bertz CT molecular complexity index is 810. The Balaban J connectivity index is 2.40. The van der Waals surface area contributed by atoms with Crippen LogP contribution in [0.3, 0.4) is 0 Å². The standard InChI is InChI=1S/C12H10F3N3O2S/c13-7-2-4-10(12(15)11(7)14)18-9-3-1-6(5-8(9)16)21(17,19)20/h1-5,18H,16H2,(H2,17,19,20). The maximum atomic E-state index is 13.5. The van der Waals surface area contributed by atoms with Gasteiger partial charge in [-0.1, -0.05) is 0 Å². The molecule has 0 atom stereocenters. The first-order chi connectivity index (χ1) is 9.70. The molecule has 0 unspecified atom stereocenters. The molecule has 0 aliphatic heterocycles. The maximum absolute atomic E-state index is 13.5. The summed E-state index contributed by atoms with van der Waals surface area (Å²) in [5, 5.41) is 7.38. The Morgan fingerprint density at radius 1 is 0.952 bits per heavy atom. The molecule has 9 heteroatoms. The summed E-state index contributed by atoms with van der Waals surface area (Å²) in [5.41, 5.74) is 5.34. The number of hydrogen-bond acceptors (Lipinski definition) is 4. The molecule has 0 saturated carbocycles. The lowest BCUT2D eigenvalue weighted by molar-refractivity contribution is 0.449. The van der Waals surface area contributed by atoms with Gasteiger partial charge in [-0.2, -0.15) is 0 Å². The molecule has 0 radical (unpaired) electrons. The zero-order valence-electron chi connectivity index (χ0n) is 10.4. The topological polar surface area (TPSA) is 98.2 Å². The molecule has 0 aromatic heterocycles. The molecule has 0 bridgehead atoms. The number of nitrogens with two attached hydrogens (primary N) is 2. The van der Waals surface area contributed by atoms with Crippen molar-refractivity contribution in [2.75, 3.05) is 11.1 Å². The van der Waals surface area contributed by atoms with Gasteiger partial charge in [0.1, 0.15) is 0 Å². The van der Waals surface area contributed by atoms with Gasteiger partial charge in [0.15, 0.2) is 17.5 Å². The minimum atomic E-state index is -3.93. The van der Waals surface area contributed by atoms with Crippen molar-refractivity contribution in [2.24, 2.45) is 5.14 Å². The zero-order valence-corrected chi connectivity index (χ0v) is 11.2. The first kappa shape index (κ1) is 15.1. The van der Waals surface area contributed by atoms with Gasteiger partial charge in [-0.3, -0.25) is 0 Å². The van der Waals surface area contributed by atoms with E-state index >= 15 is 0 Å². The molecule has 0 amide bonds. The fourth-order valence-corrected chi connectivity index (χ4v) is 2.15. The predicted octanol–water partition coefficient (Wildman–Crippen LogP) is 2.08. The number of sulfonamides is 1. The molecule has 2 aromatic carbocycles. The molecule has 21 heavy (non-hydrogen) atoms. The van der Waals surface area contributed by atoms with E-state index in [1.54, 1.807) is 0 Å². The Morgan fingerprint density at radius 2 is 1.57 bits per heavy atom. The van der Waals surface area contributed by atoms with Crippen molar-refractivity contribution in [3.05, 3.63) is 47.8 Å². The van der Waals surface area contributed by atoms with E-state index in [2.05, 4.69) is 5.32 Å². The summed E-state index contributed by atoms with van der Waals surface area (Å²) >= 11 is 0. The van der Waals surface area contributed by atoms with Crippen LogP contribution < -0.4 is 16.2 Å². The minimum Gasteiger partial charge on any atom is -0.397 e. The van der Waals surface area contributed by atoms with Crippen LogP contribution in [0.4, 0.5) is 30.2 Å². The molecule has 5 nitrogen and oxygen atoms in total. The Kier molecular flexibility index (Phi) is 3.79. The molecule has 0 aliphatic rings. The summed E-state index contributed by atoms with van der Waals surface area (Å²) in [6.45, 7) is 0. The SMILES string of the molecule is Nc1cc(S(N)(=O)=O)ccc1Nc1ccc(F)c(F)c1F. The molecule has 0 fully saturated rings. The van der Waals surface area contributed by atoms with E-state index in [1.165, 1.54) is 6.07 Å². The highest BCUT2D eigenvalue weighted by Gasteiger charge is 2.15. The van der Waals surface area contributed by atoms with Crippen LogP contribution in [0.15, 0.2) is 35.2 Å². The highest BCUT2D eigenvalue weighted by atomic mass is 32.2. The molecular weight excluding hydrogens is 307 g/mol. The van der Waals surface area contributed by atoms with Crippen LogP contribution in [0, 0.1) is 17.5 Å². The van der Waals surface area contributed by atoms with E-state index in [0.717, 1.165) is 24.3 Å². The number of primary sulfonamides is 1. The average Bonchev–Trinajstić information content (AvgIpc) is 2.40. The third kappa shape index (κ3) is 3.09. The van der Waals surface area contributed by atoms with Gasteiger partial charge in [0.25, 0.3) is 0 Å². The lowest BCUT2D eigenvalue weighted by Gasteiger charge is -2.11. The van der Waals surface area contributed by atoms with Gasteiger partial charge in [-0.15, -0.1) is 0 Å². The molecule has 2 rings (SSSR count). The largest absolute Gasteiger partial charge is 0.397 e. The first-order valence-electron chi connectivity index (χ1n) is 5.53. The van der Waals surface area contributed by atoms with E-state index in [-0.39, 0.29) is 22.0 Å². The highest BCUT2D eigenvalue weighted by Crippen LogP contribution is 2.28. The van der Waals surface area contributed by atoms with E-state index in [9.17, 15) is 21.6 Å². The summed E-state index contributed by atoms with van der Waals surface area (Å²) in [7, 11) is -3.93. The zero-order chi connectivity index (χ0) is 15.8. The maximum Gasteiger partial charge on any atom is 0.238 e. The lowest BCUT2D eigenvalue weighted by Crippen LogP contribution is -2.12. The van der Waals surface area contributed by atoms with Crippen molar-refractivity contribution in [3.8, 4) is 0 Å². The van der Waals surface area contributed by atoms with Crippen LogP contribution in [-0.4, -0.2) is 8.42 Å². The number of halogens is 3. The second-order valence-corrected chi connectivity index (χ2v) is 5.70. The molecular formula is C12H10F3N3O2S. The van der Waals surface area contributed by atoms with Gasteiger partial charge < -0.3 is 11.1 Å². The summed E-state index contributed by atoms with van der Waals surface area (Å²) in [6.07, 6.45) is 0. The van der Waals surface area contributed by atoms with Crippen molar-refractivity contribution >= 4 is 27.1 Å². The van der Waals surface area contributed by atoms with E-state index in [1.807, 2.05) is 0 Å². The third-order valence-electron chi connectivity index (χ3n) is 2.66. The smallest absolute Gasteiger partial charge is 0.238 e. The molecule has 0 spiro atoms. The van der Waals surface area contributed by atoms with E-state index < -0.39 is 27.5 Å². The Labute approximate surface area is 118 Å². The van der Waals surface area contributed by atoms with Crippen LogP contribution >= 0.6 is 0 Å². The number of nitrogen functional groups attached to an aromatic ring is 1. The van der Waals surface area contributed by atoms with Crippen molar-refractivity contribution in [1.29, 1.82) is 0 Å². The second kappa shape index (κ2) is 5.26. The van der Waals surface area contributed by atoms with E-state index in [4.69, 9.17) is 10.9 Å². The van der Waals surface area contributed by atoms with Gasteiger partial charge in [0.05, 0.1) is 22.0 Å². The van der Waals surface area contributed by atoms with Crippen molar-refractivity contribution < 1.29 is 21.6 Å². The quantitative estimate of drug-likeness (QED) is 0.596. The lowest BCUT2D eigenvalue weighted by atomic mass is 10.2. The highest BCUT2D eigenvalue weighted by molar-refractivity contribution is 7.89. The van der Waals surface area contributed by atoms with Crippen LogP contribution in [-0.2, 0) is 10.0 Å². The summed E-state index contributed by atoms with van der Waals surface area (Å²) < 4.78 is 61.7. The van der Waals surface area contributed by atoms with Crippen molar-refractivity contribution in [1.82, 2.24) is 0 Å². The monoisotopic (exact) mass is 317 g/mol. The van der Waals surface area contributed by atoms with Gasteiger partial charge in [0, 0.05) is 0 Å². The fraction of sp³-hybridized carbons (Fsp3) is 0. The summed E-state index contributed by atoms with van der Waals surface area (Å²) in [5.74, 6) is -4.36. The molecule has 0 heterocycles. The summed E-state index contributed by atoms with van der Waals surface area (Å²) in [4.78, 5) is -0.226. The van der Waals surface area contributed by atoms with Gasteiger partial charge in [0.2, 0.25) is 10.0 Å². The normalized spacial score (nSPS) is 11.4. The number of benzene rings is 2. The van der Waals surface area contributed by atoms with Crippen molar-refractivity contribution in [2.45, 2.75) is 4.90 Å². The van der Waals surface area contributed by atoms with Gasteiger partial charge >= 0.3 is 0 Å². The van der Waals surface area contributed by atoms with Gasteiger partial charge in [-0.25, -0.2) is 26.7 Å². The van der Waals surface area contributed by atoms with E-state index in [0.29, 0.717) is 0 Å². The summed E-state index contributed by atoms with van der Waals surface area (Å²) in [6, 6.07) is 5.17. The third-order valence-corrected chi connectivity index (χ3v) is 3.57. The van der Waals surface area contributed by atoms with Crippen LogP contribution in [0.2, 0.25) is 0 Å². The van der Waals surface area contributed by atoms with Crippen LogP contribution in [0.5, 0.6) is 0 Å². The number of anilines is 3. The Morgan fingerprint density at radius 3 is 2.14 bits per heavy atom. The number of hydrogen-bond donors (Lipinski definition) is 3. The molecule has 0 saturated heterocycles. The Hall–Kier alpha value is -2.26. The molecule has 0 aliphatic carbocycles. The molecule has 5 N–H and O–H groups in total. The van der Waals surface area contributed by atoms with Crippen LogP contribution in [0.1, 0.15) is 0 Å².